The summed E-state index contributed by atoms with van der Waals surface area (Å²) in [6.45, 7) is 1.12. The first-order valence-electron chi connectivity index (χ1n) is 8.80. The number of hydrogen-bond acceptors (Lipinski definition) is 2. The zero-order chi connectivity index (χ0) is 14.5. The van der Waals surface area contributed by atoms with Crippen molar-refractivity contribution < 1.29 is 0 Å². The highest BCUT2D eigenvalue weighted by atomic mass is 35.5. The highest BCUT2D eigenvalue weighted by molar-refractivity contribution is 7.16. The minimum atomic E-state index is 0.775. The van der Waals surface area contributed by atoms with Gasteiger partial charge in [0.15, 0.2) is 0 Å². The van der Waals surface area contributed by atoms with Gasteiger partial charge in [0.2, 0.25) is 0 Å². The normalized spacial score (nSPS) is 27.9. The second-order valence-electron chi connectivity index (χ2n) is 6.86. The molecule has 0 aliphatic heterocycles. The molecular weight excluding hydrogens is 298 g/mol. The van der Waals surface area contributed by atoms with Gasteiger partial charge >= 0.3 is 0 Å². The summed E-state index contributed by atoms with van der Waals surface area (Å²) >= 11 is 7.74. The third kappa shape index (κ3) is 4.46. The number of rotatable bonds is 5. The SMILES string of the molecule is Clc1ccc(CCNC2CCCCC2C2CCCCC2)s1. The van der Waals surface area contributed by atoms with Crippen molar-refractivity contribution in [2.24, 2.45) is 11.8 Å². The van der Waals surface area contributed by atoms with Crippen LogP contribution >= 0.6 is 22.9 Å². The van der Waals surface area contributed by atoms with Crippen LogP contribution in [0.4, 0.5) is 0 Å². The van der Waals surface area contributed by atoms with Crippen molar-refractivity contribution in [2.45, 2.75) is 70.3 Å². The summed E-state index contributed by atoms with van der Waals surface area (Å²) in [5.41, 5.74) is 0. The van der Waals surface area contributed by atoms with Crippen LogP contribution in [-0.4, -0.2) is 12.6 Å². The number of halogens is 1. The van der Waals surface area contributed by atoms with Gasteiger partial charge in [0.25, 0.3) is 0 Å². The van der Waals surface area contributed by atoms with Crippen molar-refractivity contribution in [3.63, 3.8) is 0 Å². The third-order valence-corrected chi connectivity index (χ3v) is 6.77. The zero-order valence-electron chi connectivity index (χ0n) is 13.0. The van der Waals surface area contributed by atoms with Crippen molar-refractivity contribution >= 4 is 22.9 Å². The molecule has 0 aromatic carbocycles. The maximum Gasteiger partial charge on any atom is 0.0931 e. The molecule has 1 aromatic heterocycles. The molecule has 0 spiro atoms. The molecule has 1 heterocycles. The van der Waals surface area contributed by atoms with Gasteiger partial charge < -0.3 is 5.32 Å². The van der Waals surface area contributed by atoms with Crippen LogP contribution in [0.1, 0.15) is 62.7 Å². The fourth-order valence-electron chi connectivity index (χ4n) is 4.41. The highest BCUT2D eigenvalue weighted by Gasteiger charge is 2.31. The van der Waals surface area contributed by atoms with Gasteiger partial charge in [0, 0.05) is 17.5 Å². The molecule has 21 heavy (non-hydrogen) atoms. The third-order valence-electron chi connectivity index (χ3n) is 5.48. The summed E-state index contributed by atoms with van der Waals surface area (Å²) in [4.78, 5) is 1.41. The lowest BCUT2D eigenvalue weighted by Gasteiger charge is -2.39. The quantitative estimate of drug-likeness (QED) is 0.735. The van der Waals surface area contributed by atoms with E-state index >= 15 is 0 Å². The predicted octanol–water partition coefficient (Wildman–Crippen LogP) is 5.67. The summed E-state index contributed by atoms with van der Waals surface area (Å²) in [5, 5.41) is 3.89. The molecular formula is C18H28ClNS. The molecule has 1 N–H and O–H groups in total. The molecule has 3 heteroatoms. The van der Waals surface area contributed by atoms with Crippen LogP contribution in [-0.2, 0) is 6.42 Å². The molecule has 2 aliphatic carbocycles. The van der Waals surface area contributed by atoms with Crippen LogP contribution in [0.5, 0.6) is 0 Å². The molecule has 2 saturated carbocycles. The van der Waals surface area contributed by atoms with Crippen LogP contribution in [0, 0.1) is 11.8 Å². The van der Waals surface area contributed by atoms with Crippen molar-refractivity contribution in [1.29, 1.82) is 0 Å². The van der Waals surface area contributed by atoms with Crippen LogP contribution in [0.2, 0.25) is 4.34 Å². The average molecular weight is 326 g/mol. The van der Waals surface area contributed by atoms with Gasteiger partial charge in [-0.05, 0) is 43.2 Å². The van der Waals surface area contributed by atoms with Crippen molar-refractivity contribution in [3.8, 4) is 0 Å². The van der Waals surface area contributed by atoms with E-state index in [9.17, 15) is 0 Å². The summed E-state index contributed by atoms with van der Waals surface area (Å²) < 4.78 is 0.919. The molecule has 0 bridgehead atoms. The lowest BCUT2D eigenvalue weighted by molar-refractivity contribution is 0.150. The Labute approximate surface area is 138 Å². The topological polar surface area (TPSA) is 12.0 Å². The van der Waals surface area contributed by atoms with Gasteiger partial charge in [-0.2, -0.15) is 0 Å². The number of nitrogens with one attached hydrogen (secondary N) is 1. The van der Waals surface area contributed by atoms with E-state index in [1.54, 1.807) is 11.3 Å². The Morgan fingerprint density at radius 2 is 1.76 bits per heavy atom. The van der Waals surface area contributed by atoms with Crippen molar-refractivity contribution in [2.75, 3.05) is 6.54 Å². The average Bonchev–Trinajstić information content (AvgIpc) is 2.94. The summed E-state index contributed by atoms with van der Waals surface area (Å²) in [6.07, 6.45) is 14.3. The summed E-state index contributed by atoms with van der Waals surface area (Å²) in [5.74, 6) is 1.96. The van der Waals surface area contributed by atoms with Crippen LogP contribution in [0.25, 0.3) is 0 Å². The maximum absolute atomic E-state index is 6.01. The second kappa shape index (κ2) is 7.99. The first-order valence-corrected chi connectivity index (χ1v) is 10.00. The van der Waals surface area contributed by atoms with E-state index in [0.717, 1.165) is 35.2 Å². The second-order valence-corrected chi connectivity index (χ2v) is 8.66. The number of hydrogen-bond donors (Lipinski definition) is 1. The largest absolute Gasteiger partial charge is 0.313 e. The molecule has 3 rings (SSSR count). The Morgan fingerprint density at radius 1 is 1.00 bits per heavy atom. The molecule has 118 valence electrons. The minimum absolute atomic E-state index is 0.775. The molecule has 2 unspecified atom stereocenters. The van der Waals surface area contributed by atoms with E-state index < -0.39 is 0 Å². The fraction of sp³-hybridized carbons (Fsp3) is 0.778. The van der Waals surface area contributed by atoms with Gasteiger partial charge in [0.1, 0.15) is 0 Å². The van der Waals surface area contributed by atoms with Crippen molar-refractivity contribution in [1.82, 2.24) is 5.32 Å². The van der Waals surface area contributed by atoms with Crippen LogP contribution < -0.4 is 5.32 Å². The maximum atomic E-state index is 6.01. The molecule has 1 aromatic rings. The van der Waals surface area contributed by atoms with Gasteiger partial charge in [-0.3, -0.25) is 0 Å². The highest BCUT2D eigenvalue weighted by Crippen LogP contribution is 2.38. The van der Waals surface area contributed by atoms with E-state index in [4.69, 9.17) is 11.6 Å². The zero-order valence-corrected chi connectivity index (χ0v) is 14.5. The Morgan fingerprint density at radius 3 is 2.52 bits per heavy atom. The molecule has 0 radical (unpaired) electrons. The molecule has 2 aliphatic rings. The molecule has 1 nitrogen and oxygen atoms in total. The lowest BCUT2D eigenvalue weighted by Crippen LogP contribution is -2.43. The molecule has 0 saturated heterocycles. The Hall–Kier alpha value is -0.0500. The first kappa shape index (κ1) is 15.8. The Kier molecular flexibility index (Phi) is 6.02. The Balaban J connectivity index is 1.49. The predicted molar refractivity (Wildman–Crippen MR) is 93.4 cm³/mol. The van der Waals surface area contributed by atoms with E-state index in [1.165, 1.54) is 62.7 Å². The van der Waals surface area contributed by atoms with E-state index in [2.05, 4.69) is 11.4 Å². The van der Waals surface area contributed by atoms with Crippen molar-refractivity contribution in [3.05, 3.63) is 21.3 Å². The van der Waals surface area contributed by atoms with Crippen LogP contribution in [0.15, 0.2) is 12.1 Å². The van der Waals surface area contributed by atoms with E-state index in [0.29, 0.717) is 0 Å². The molecule has 0 amide bonds. The standard InChI is InChI=1S/C18H28ClNS/c19-18-11-10-15(21-18)12-13-20-17-9-5-4-8-16(17)14-6-2-1-3-7-14/h10-11,14,16-17,20H,1-9,12-13H2. The van der Waals surface area contributed by atoms with Gasteiger partial charge in [-0.1, -0.05) is 56.5 Å². The Bertz CT molecular complexity index is 425. The van der Waals surface area contributed by atoms with E-state index in [-0.39, 0.29) is 0 Å². The lowest BCUT2D eigenvalue weighted by atomic mass is 9.71. The summed E-state index contributed by atoms with van der Waals surface area (Å²) in [6, 6.07) is 4.97. The smallest absolute Gasteiger partial charge is 0.0931 e. The van der Waals surface area contributed by atoms with Gasteiger partial charge in [-0.25, -0.2) is 0 Å². The summed E-state index contributed by atoms with van der Waals surface area (Å²) in [7, 11) is 0. The molecule has 2 atom stereocenters. The minimum Gasteiger partial charge on any atom is -0.313 e. The number of thiophene rings is 1. The van der Waals surface area contributed by atoms with Crippen LogP contribution in [0.3, 0.4) is 0 Å². The molecule has 2 fully saturated rings. The van der Waals surface area contributed by atoms with Gasteiger partial charge in [-0.15, -0.1) is 11.3 Å². The van der Waals surface area contributed by atoms with Gasteiger partial charge in [0.05, 0.1) is 4.34 Å². The monoisotopic (exact) mass is 325 g/mol. The van der Waals surface area contributed by atoms with E-state index in [1.807, 2.05) is 6.07 Å². The first-order chi connectivity index (χ1) is 10.3. The fourth-order valence-corrected chi connectivity index (χ4v) is 5.49.